The molecular weight excluding hydrogens is 294 g/mol. The number of furan rings is 1. The number of rotatable bonds is 7. The molecule has 2 rings (SSSR count). The van der Waals surface area contributed by atoms with Gasteiger partial charge in [0.05, 0.1) is 12.6 Å². The van der Waals surface area contributed by atoms with E-state index in [0.717, 1.165) is 36.5 Å². The maximum atomic E-state index is 5.87. The van der Waals surface area contributed by atoms with Gasteiger partial charge in [-0.15, -0.1) is 0 Å². The number of ether oxygens (including phenoxy) is 1. The van der Waals surface area contributed by atoms with Crippen molar-refractivity contribution in [3.8, 4) is 0 Å². The highest BCUT2D eigenvalue weighted by Gasteiger charge is 2.12. The standard InChI is InChI=1S/C14H22BrNO2/c15-14-8-7-13(18-14)11-16-9-4-10-17-12-5-2-1-3-6-12/h7-8,12,16H,1-6,9-11H2. The van der Waals surface area contributed by atoms with Crippen LogP contribution in [0.2, 0.25) is 0 Å². The van der Waals surface area contributed by atoms with Gasteiger partial charge in [-0.25, -0.2) is 0 Å². The molecule has 3 nitrogen and oxygen atoms in total. The van der Waals surface area contributed by atoms with Gasteiger partial charge in [-0.1, -0.05) is 19.3 Å². The van der Waals surface area contributed by atoms with E-state index in [0.29, 0.717) is 6.10 Å². The molecule has 0 aromatic carbocycles. The molecule has 0 amide bonds. The highest BCUT2D eigenvalue weighted by atomic mass is 79.9. The molecule has 4 heteroatoms. The molecule has 1 fully saturated rings. The zero-order chi connectivity index (χ0) is 12.6. The van der Waals surface area contributed by atoms with Gasteiger partial charge < -0.3 is 14.5 Å². The van der Waals surface area contributed by atoms with Crippen LogP contribution in [0.15, 0.2) is 21.2 Å². The Bertz CT molecular complexity index is 334. The van der Waals surface area contributed by atoms with E-state index in [1.165, 1.54) is 32.1 Å². The predicted molar refractivity (Wildman–Crippen MR) is 75.6 cm³/mol. The summed E-state index contributed by atoms with van der Waals surface area (Å²) in [4.78, 5) is 0. The molecule has 0 radical (unpaired) electrons. The lowest BCUT2D eigenvalue weighted by molar-refractivity contribution is 0.0272. The van der Waals surface area contributed by atoms with Crippen LogP contribution in [0, 0.1) is 0 Å². The first-order valence-corrected chi connectivity index (χ1v) is 7.70. The van der Waals surface area contributed by atoms with Crippen LogP contribution in [0.4, 0.5) is 0 Å². The third kappa shape index (κ3) is 5.12. The average molecular weight is 316 g/mol. The van der Waals surface area contributed by atoms with Crippen molar-refractivity contribution in [2.24, 2.45) is 0 Å². The van der Waals surface area contributed by atoms with Crippen LogP contribution in [-0.2, 0) is 11.3 Å². The van der Waals surface area contributed by atoms with Gasteiger partial charge in [0.15, 0.2) is 4.67 Å². The fourth-order valence-electron chi connectivity index (χ4n) is 2.34. The third-order valence-corrected chi connectivity index (χ3v) is 3.76. The van der Waals surface area contributed by atoms with Crippen LogP contribution in [0.25, 0.3) is 0 Å². The second-order valence-corrected chi connectivity index (χ2v) is 5.65. The van der Waals surface area contributed by atoms with Gasteiger partial charge in [0.1, 0.15) is 5.76 Å². The van der Waals surface area contributed by atoms with Gasteiger partial charge in [0.2, 0.25) is 0 Å². The summed E-state index contributed by atoms with van der Waals surface area (Å²) in [6, 6.07) is 3.90. The first kappa shape index (κ1) is 14.1. The monoisotopic (exact) mass is 315 g/mol. The second kappa shape index (κ2) is 7.97. The fourth-order valence-corrected chi connectivity index (χ4v) is 2.68. The van der Waals surface area contributed by atoms with Crippen LogP contribution in [0.5, 0.6) is 0 Å². The summed E-state index contributed by atoms with van der Waals surface area (Å²) in [5, 5.41) is 3.36. The maximum Gasteiger partial charge on any atom is 0.169 e. The quantitative estimate of drug-likeness (QED) is 0.776. The molecule has 1 aliphatic carbocycles. The molecule has 0 spiro atoms. The first-order chi connectivity index (χ1) is 8.84. The summed E-state index contributed by atoms with van der Waals surface area (Å²) in [7, 11) is 0. The van der Waals surface area contributed by atoms with Gasteiger partial charge in [0.25, 0.3) is 0 Å². The smallest absolute Gasteiger partial charge is 0.169 e. The lowest BCUT2D eigenvalue weighted by Crippen LogP contribution is -2.20. The normalized spacial score (nSPS) is 17.2. The van der Waals surface area contributed by atoms with Gasteiger partial charge >= 0.3 is 0 Å². The minimum absolute atomic E-state index is 0.528. The average Bonchev–Trinajstić information content (AvgIpc) is 2.81. The highest BCUT2D eigenvalue weighted by molar-refractivity contribution is 9.10. The molecule has 0 unspecified atom stereocenters. The van der Waals surface area contributed by atoms with E-state index in [1.807, 2.05) is 12.1 Å². The minimum Gasteiger partial charge on any atom is -0.453 e. The Morgan fingerprint density at radius 1 is 1.28 bits per heavy atom. The molecule has 1 aromatic rings. The molecule has 18 heavy (non-hydrogen) atoms. The SMILES string of the molecule is Brc1ccc(CNCCCOC2CCCCC2)o1. The van der Waals surface area contributed by atoms with Crippen molar-refractivity contribution in [3.05, 3.63) is 22.6 Å². The molecular formula is C14H22BrNO2. The van der Waals surface area contributed by atoms with Gasteiger partial charge in [-0.2, -0.15) is 0 Å². The van der Waals surface area contributed by atoms with E-state index in [1.54, 1.807) is 0 Å². The van der Waals surface area contributed by atoms with E-state index >= 15 is 0 Å². The number of hydrogen-bond acceptors (Lipinski definition) is 3. The number of hydrogen-bond donors (Lipinski definition) is 1. The van der Waals surface area contributed by atoms with Crippen LogP contribution >= 0.6 is 15.9 Å². The van der Waals surface area contributed by atoms with Crippen LogP contribution in [-0.4, -0.2) is 19.3 Å². The molecule has 1 saturated carbocycles. The van der Waals surface area contributed by atoms with Crippen molar-refractivity contribution >= 4 is 15.9 Å². The Hall–Kier alpha value is -0.320. The Balaban J connectivity index is 1.46. The Labute approximate surface area is 117 Å². The Morgan fingerprint density at radius 3 is 2.83 bits per heavy atom. The third-order valence-electron chi connectivity index (χ3n) is 3.33. The zero-order valence-electron chi connectivity index (χ0n) is 10.8. The fraction of sp³-hybridized carbons (Fsp3) is 0.714. The molecule has 1 heterocycles. The van der Waals surface area contributed by atoms with Crippen molar-refractivity contribution in [2.75, 3.05) is 13.2 Å². The highest BCUT2D eigenvalue weighted by Crippen LogP contribution is 2.20. The van der Waals surface area contributed by atoms with Crippen molar-refractivity contribution in [3.63, 3.8) is 0 Å². The van der Waals surface area contributed by atoms with Gasteiger partial charge in [-0.3, -0.25) is 0 Å². The van der Waals surface area contributed by atoms with Crippen LogP contribution in [0.3, 0.4) is 0 Å². The number of halogens is 1. The molecule has 0 aliphatic heterocycles. The summed E-state index contributed by atoms with van der Waals surface area (Å²) < 4.78 is 12.1. The Kier molecular flexibility index (Phi) is 6.24. The molecule has 1 aliphatic rings. The molecule has 0 saturated heterocycles. The van der Waals surface area contributed by atoms with Crippen molar-refractivity contribution < 1.29 is 9.15 Å². The predicted octanol–water partition coefficient (Wildman–Crippen LogP) is 3.87. The summed E-state index contributed by atoms with van der Waals surface area (Å²) in [6.45, 7) is 2.64. The van der Waals surface area contributed by atoms with E-state index < -0.39 is 0 Å². The lowest BCUT2D eigenvalue weighted by atomic mass is 9.98. The van der Waals surface area contributed by atoms with Gasteiger partial charge in [-0.05, 0) is 53.9 Å². The largest absolute Gasteiger partial charge is 0.453 e. The lowest BCUT2D eigenvalue weighted by Gasteiger charge is -2.21. The Morgan fingerprint density at radius 2 is 2.11 bits per heavy atom. The van der Waals surface area contributed by atoms with Crippen LogP contribution in [0.1, 0.15) is 44.3 Å². The minimum atomic E-state index is 0.528. The van der Waals surface area contributed by atoms with Crippen molar-refractivity contribution in [2.45, 2.75) is 51.2 Å². The van der Waals surface area contributed by atoms with Gasteiger partial charge in [0, 0.05) is 6.61 Å². The van der Waals surface area contributed by atoms with E-state index in [9.17, 15) is 0 Å². The van der Waals surface area contributed by atoms with E-state index in [-0.39, 0.29) is 0 Å². The zero-order valence-corrected chi connectivity index (χ0v) is 12.4. The van der Waals surface area contributed by atoms with Crippen LogP contribution < -0.4 is 5.32 Å². The number of nitrogens with one attached hydrogen (secondary N) is 1. The summed E-state index contributed by atoms with van der Waals surface area (Å²) >= 11 is 3.30. The molecule has 1 N–H and O–H groups in total. The molecule has 0 bridgehead atoms. The topological polar surface area (TPSA) is 34.4 Å². The van der Waals surface area contributed by atoms with E-state index in [4.69, 9.17) is 9.15 Å². The molecule has 1 aromatic heterocycles. The summed E-state index contributed by atoms with van der Waals surface area (Å²) in [5.74, 6) is 0.968. The summed E-state index contributed by atoms with van der Waals surface area (Å²) in [5.41, 5.74) is 0. The van der Waals surface area contributed by atoms with E-state index in [2.05, 4.69) is 21.2 Å². The summed E-state index contributed by atoms with van der Waals surface area (Å²) in [6.07, 6.45) is 8.19. The van der Waals surface area contributed by atoms with Crippen molar-refractivity contribution in [1.29, 1.82) is 0 Å². The molecule has 102 valence electrons. The maximum absolute atomic E-state index is 5.87. The molecule has 0 atom stereocenters. The van der Waals surface area contributed by atoms with Crippen molar-refractivity contribution in [1.82, 2.24) is 5.32 Å². The second-order valence-electron chi connectivity index (χ2n) is 4.87. The first-order valence-electron chi connectivity index (χ1n) is 6.91.